The normalized spacial score (nSPS) is 15.6. The van der Waals surface area contributed by atoms with Crippen LogP contribution in [0.5, 0.6) is 5.75 Å². The van der Waals surface area contributed by atoms with E-state index in [0.717, 1.165) is 12.1 Å². The number of hydrogen-bond acceptors (Lipinski definition) is 5. The van der Waals surface area contributed by atoms with Crippen LogP contribution in [0.25, 0.3) is 5.69 Å². The summed E-state index contributed by atoms with van der Waals surface area (Å²) in [4.78, 5) is 26.4. The van der Waals surface area contributed by atoms with Gasteiger partial charge in [0.15, 0.2) is 11.6 Å². The number of benzene rings is 3. The van der Waals surface area contributed by atoms with Gasteiger partial charge in [-0.2, -0.15) is 13.2 Å². The standard InChI is InChI=1S/C25H13ClF5N5O3/c26-15-2-1-12(27)6-14(15)21-19-16(33-23(37)10-3-11(25(29,30)31)5-13(28)4-10)7-17-22(20(19)24(38)34-21)39-8-18-35-32-9-36(17)18/h1-7,9,21H,8H2,(H,33,37)(H,34,38). The van der Waals surface area contributed by atoms with Crippen molar-refractivity contribution in [2.24, 2.45) is 0 Å². The summed E-state index contributed by atoms with van der Waals surface area (Å²) in [6.07, 6.45) is -3.55. The van der Waals surface area contributed by atoms with Crippen molar-refractivity contribution in [2.45, 2.75) is 18.8 Å². The number of anilines is 1. The van der Waals surface area contributed by atoms with Crippen molar-refractivity contribution < 1.29 is 36.3 Å². The predicted molar refractivity (Wildman–Crippen MR) is 126 cm³/mol. The van der Waals surface area contributed by atoms with Crippen molar-refractivity contribution in [3.63, 3.8) is 0 Å². The van der Waals surface area contributed by atoms with Crippen molar-refractivity contribution in [1.82, 2.24) is 20.1 Å². The van der Waals surface area contributed by atoms with E-state index >= 15 is 0 Å². The molecule has 0 aliphatic carbocycles. The van der Waals surface area contributed by atoms with Gasteiger partial charge in [-0.25, -0.2) is 8.78 Å². The Morgan fingerprint density at radius 3 is 2.69 bits per heavy atom. The Balaban J connectivity index is 1.53. The highest BCUT2D eigenvalue weighted by Crippen LogP contribution is 2.47. The van der Waals surface area contributed by atoms with Crippen LogP contribution in [-0.4, -0.2) is 26.6 Å². The summed E-state index contributed by atoms with van der Waals surface area (Å²) in [5.41, 5.74) is -1.48. The van der Waals surface area contributed by atoms with Crippen molar-refractivity contribution in [3.05, 3.63) is 99.1 Å². The van der Waals surface area contributed by atoms with Crippen molar-refractivity contribution in [1.29, 1.82) is 0 Å². The Bertz CT molecular complexity index is 1700. The van der Waals surface area contributed by atoms with Gasteiger partial charge in [-0.1, -0.05) is 11.6 Å². The van der Waals surface area contributed by atoms with Crippen molar-refractivity contribution in [2.75, 3.05) is 5.32 Å². The molecule has 2 amide bonds. The van der Waals surface area contributed by atoms with Crippen molar-refractivity contribution in [3.8, 4) is 11.4 Å². The summed E-state index contributed by atoms with van der Waals surface area (Å²) in [6.45, 7) is -0.0344. The summed E-state index contributed by atoms with van der Waals surface area (Å²) < 4.78 is 75.3. The molecule has 0 bridgehead atoms. The van der Waals surface area contributed by atoms with Crippen LogP contribution >= 0.6 is 11.6 Å². The van der Waals surface area contributed by atoms with E-state index in [4.69, 9.17) is 16.3 Å². The molecule has 1 unspecified atom stereocenters. The van der Waals surface area contributed by atoms with E-state index in [9.17, 15) is 31.5 Å². The first-order valence-electron chi connectivity index (χ1n) is 11.2. The van der Waals surface area contributed by atoms with E-state index in [1.54, 1.807) is 0 Å². The molecule has 0 fully saturated rings. The maximum Gasteiger partial charge on any atom is 0.416 e. The van der Waals surface area contributed by atoms with Crippen LogP contribution in [0.3, 0.4) is 0 Å². The Morgan fingerprint density at radius 2 is 1.92 bits per heavy atom. The number of carbonyl (C=O) groups excluding carboxylic acids is 2. The molecule has 3 heterocycles. The number of nitrogens with zero attached hydrogens (tertiary/aromatic N) is 3. The minimum atomic E-state index is -4.90. The monoisotopic (exact) mass is 561 g/mol. The summed E-state index contributed by atoms with van der Waals surface area (Å²) in [5, 5.41) is 13.0. The lowest BCUT2D eigenvalue weighted by molar-refractivity contribution is -0.137. The predicted octanol–water partition coefficient (Wildman–Crippen LogP) is 5.20. The summed E-state index contributed by atoms with van der Waals surface area (Å²) in [5.74, 6) is -3.15. The zero-order valence-corrected chi connectivity index (χ0v) is 20.0. The highest BCUT2D eigenvalue weighted by atomic mass is 35.5. The molecule has 0 saturated carbocycles. The summed E-state index contributed by atoms with van der Waals surface area (Å²) >= 11 is 6.31. The van der Waals surface area contributed by atoms with Gasteiger partial charge in [0.05, 0.1) is 22.9 Å². The van der Waals surface area contributed by atoms with Crippen LogP contribution in [-0.2, 0) is 12.8 Å². The number of ether oxygens (including phenoxy) is 1. The molecule has 3 aromatic carbocycles. The fourth-order valence-corrected chi connectivity index (χ4v) is 4.86. The molecule has 14 heteroatoms. The molecule has 1 aromatic heterocycles. The largest absolute Gasteiger partial charge is 0.483 e. The smallest absolute Gasteiger partial charge is 0.416 e. The first kappa shape index (κ1) is 24.8. The topological polar surface area (TPSA) is 98.1 Å². The van der Waals surface area contributed by atoms with E-state index in [0.29, 0.717) is 18.0 Å². The molecule has 198 valence electrons. The zero-order chi connectivity index (χ0) is 27.6. The molecule has 0 spiro atoms. The number of aromatic nitrogens is 3. The SMILES string of the molecule is O=C(Nc1cc2c(c3c1C(c1cc(F)ccc1Cl)NC3=O)OCc1nncn1-2)c1cc(F)cc(C(F)(F)F)c1. The molecule has 2 aliphatic heterocycles. The number of rotatable bonds is 3. The second-order valence-electron chi connectivity index (χ2n) is 8.72. The lowest BCUT2D eigenvalue weighted by Crippen LogP contribution is -2.21. The number of hydrogen-bond donors (Lipinski definition) is 2. The Hall–Kier alpha value is -4.52. The average molecular weight is 562 g/mol. The van der Waals surface area contributed by atoms with E-state index in [-0.39, 0.29) is 51.5 Å². The minimum Gasteiger partial charge on any atom is -0.483 e. The van der Waals surface area contributed by atoms with Crippen LogP contribution < -0.4 is 15.4 Å². The summed E-state index contributed by atoms with van der Waals surface area (Å²) in [6, 6.07) is 5.27. The molecule has 2 aliphatic rings. The number of alkyl halides is 3. The maximum absolute atomic E-state index is 14.2. The highest BCUT2D eigenvalue weighted by molar-refractivity contribution is 6.31. The van der Waals surface area contributed by atoms with Gasteiger partial charge >= 0.3 is 6.18 Å². The molecule has 39 heavy (non-hydrogen) atoms. The van der Waals surface area contributed by atoms with Gasteiger partial charge in [0.25, 0.3) is 11.8 Å². The third-order valence-electron chi connectivity index (χ3n) is 6.32. The van der Waals surface area contributed by atoms with Crippen LogP contribution in [0.4, 0.5) is 27.6 Å². The van der Waals surface area contributed by atoms with Gasteiger partial charge in [-0.15, -0.1) is 10.2 Å². The highest BCUT2D eigenvalue weighted by Gasteiger charge is 2.40. The molecule has 0 saturated heterocycles. The Kier molecular flexibility index (Phi) is 5.57. The molecule has 0 radical (unpaired) electrons. The fraction of sp³-hybridized carbons (Fsp3) is 0.120. The third kappa shape index (κ3) is 4.14. The van der Waals surface area contributed by atoms with Gasteiger partial charge in [0.1, 0.15) is 24.6 Å². The third-order valence-corrected chi connectivity index (χ3v) is 6.66. The molecule has 1 atom stereocenters. The second-order valence-corrected chi connectivity index (χ2v) is 9.13. The quantitative estimate of drug-likeness (QED) is 0.335. The number of amides is 2. The number of fused-ring (bicyclic) bond motifs is 5. The van der Waals surface area contributed by atoms with Gasteiger partial charge in [-0.05, 0) is 42.5 Å². The zero-order valence-electron chi connectivity index (χ0n) is 19.2. The number of carbonyl (C=O) groups is 2. The minimum absolute atomic E-state index is 0.0114. The average Bonchev–Trinajstić information content (AvgIpc) is 3.50. The first-order valence-corrected chi connectivity index (χ1v) is 11.6. The Morgan fingerprint density at radius 1 is 1.13 bits per heavy atom. The lowest BCUT2D eigenvalue weighted by atomic mass is 9.94. The number of nitrogens with one attached hydrogen (secondary N) is 2. The van der Waals surface area contributed by atoms with E-state index < -0.39 is 46.8 Å². The van der Waals surface area contributed by atoms with E-state index in [1.165, 1.54) is 23.0 Å². The van der Waals surface area contributed by atoms with Crippen LogP contribution in [0.15, 0.2) is 48.8 Å². The molecular weight excluding hydrogens is 549 g/mol. The van der Waals surface area contributed by atoms with Gasteiger partial charge in [0, 0.05) is 27.4 Å². The fourth-order valence-electron chi connectivity index (χ4n) is 4.64. The Labute approximate surface area is 220 Å². The molecule has 4 aromatic rings. The van der Waals surface area contributed by atoms with E-state index in [1.807, 2.05) is 0 Å². The summed E-state index contributed by atoms with van der Waals surface area (Å²) in [7, 11) is 0. The molecule has 2 N–H and O–H groups in total. The van der Waals surface area contributed by atoms with Gasteiger partial charge in [-0.3, -0.25) is 14.2 Å². The molecule has 6 rings (SSSR count). The van der Waals surface area contributed by atoms with E-state index in [2.05, 4.69) is 20.8 Å². The first-order chi connectivity index (χ1) is 18.5. The van der Waals surface area contributed by atoms with Crippen molar-refractivity contribution >= 4 is 29.1 Å². The second kappa shape index (κ2) is 8.76. The maximum atomic E-state index is 14.2. The number of halogens is 6. The van der Waals surface area contributed by atoms with Crippen LogP contribution in [0, 0.1) is 11.6 Å². The molecular formula is C25H13ClF5N5O3. The van der Waals surface area contributed by atoms with Crippen LogP contribution in [0.2, 0.25) is 5.02 Å². The van der Waals surface area contributed by atoms with Gasteiger partial charge < -0.3 is 15.4 Å². The van der Waals surface area contributed by atoms with Crippen LogP contribution in [0.1, 0.15) is 49.3 Å². The lowest BCUT2D eigenvalue weighted by Gasteiger charge is -2.24. The van der Waals surface area contributed by atoms with Gasteiger partial charge in [0.2, 0.25) is 0 Å². The molecule has 8 nitrogen and oxygen atoms in total.